The lowest BCUT2D eigenvalue weighted by molar-refractivity contribution is 0.181. The van der Waals surface area contributed by atoms with Crippen molar-refractivity contribution < 1.29 is 4.74 Å². The average molecular weight is 356 g/mol. The molecule has 0 aliphatic heterocycles. The summed E-state index contributed by atoms with van der Waals surface area (Å²) in [5.74, 6) is 0. The van der Waals surface area contributed by atoms with E-state index in [4.69, 9.17) is 4.74 Å². The first-order chi connectivity index (χ1) is 9.61. The van der Waals surface area contributed by atoms with Gasteiger partial charge in [-0.2, -0.15) is 0 Å². The molecule has 2 heterocycles. The van der Waals surface area contributed by atoms with E-state index in [0.29, 0.717) is 12.6 Å². The van der Waals surface area contributed by atoms with Crippen molar-refractivity contribution in [3.05, 3.63) is 33.4 Å². The Bertz CT molecular complexity index is 571. The molecule has 20 heavy (non-hydrogen) atoms. The smallest absolute Gasteiger partial charge is 0.143 e. The van der Waals surface area contributed by atoms with Crippen molar-refractivity contribution in [2.75, 3.05) is 7.11 Å². The molecule has 4 nitrogen and oxygen atoms in total. The fraction of sp³-hybridized carbons (Fsp3) is 0.429. The first kappa shape index (κ1) is 15.6. The number of pyridine rings is 1. The van der Waals surface area contributed by atoms with E-state index in [0.717, 1.165) is 27.4 Å². The standard InChI is InChI=1S/C14H18BrN3OS/c1-9(2)17-7-12-11(8-19-3)18-14(20-12)13-10(15)5-4-6-16-13/h4-6,9,17H,7-8H2,1-3H3. The molecule has 0 unspecified atom stereocenters. The summed E-state index contributed by atoms with van der Waals surface area (Å²) in [7, 11) is 1.69. The van der Waals surface area contributed by atoms with Crippen molar-refractivity contribution >= 4 is 27.3 Å². The number of halogens is 1. The Labute approximate surface area is 131 Å². The summed E-state index contributed by atoms with van der Waals surface area (Å²) in [6.07, 6.45) is 1.78. The molecule has 2 aromatic heterocycles. The van der Waals surface area contributed by atoms with Gasteiger partial charge in [-0.3, -0.25) is 4.98 Å². The molecule has 0 aromatic carbocycles. The van der Waals surface area contributed by atoms with Crippen LogP contribution in [-0.2, 0) is 17.9 Å². The van der Waals surface area contributed by atoms with Crippen LogP contribution < -0.4 is 5.32 Å². The Kier molecular flexibility index (Phi) is 5.65. The molecular formula is C14H18BrN3OS. The normalized spacial score (nSPS) is 11.2. The number of ether oxygens (including phenoxy) is 1. The molecule has 0 aliphatic rings. The molecule has 0 spiro atoms. The van der Waals surface area contributed by atoms with Gasteiger partial charge in [0, 0.05) is 35.2 Å². The van der Waals surface area contributed by atoms with Gasteiger partial charge in [-0.25, -0.2) is 4.98 Å². The summed E-state index contributed by atoms with van der Waals surface area (Å²) in [5, 5.41) is 4.34. The quantitative estimate of drug-likeness (QED) is 0.859. The maximum atomic E-state index is 5.24. The van der Waals surface area contributed by atoms with Gasteiger partial charge in [0.25, 0.3) is 0 Å². The minimum absolute atomic E-state index is 0.442. The highest BCUT2D eigenvalue weighted by molar-refractivity contribution is 9.10. The summed E-state index contributed by atoms with van der Waals surface area (Å²) < 4.78 is 6.20. The number of aromatic nitrogens is 2. The summed E-state index contributed by atoms with van der Waals surface area (Å²) in [6, 6.07) is 4.32. The molecule has 0 saturated carbocycles. The van der Waals surface area contributed by atoms with Crippen LogP contribution >= 0.6 is 27.3 Å². The van der Waals surface area contributed by atoms with Gasteiger partial charge in [0.15, 0.2) is 0 Å². The Hall–Kier alpha value is -0.820. The topological polar surface area (TPSA) is 47.0 Å². The lowest BCUT2D eigenvalue weighted by Gasteiger charge is -2.07. The summed E-state index contributed by atoms with van der Waals surface area (Å²) in [4.78, 5) is 10.3. The molecular weight excluding hydrogens is 338 g/mol. The minimum atomic E-state index is 0.442. The molecule has 0 bridgehead atoms. The lowest BCUT2D eigenvalue weighted by Crippen LogP contribution is -2.21. The van der Waals surface area contributed by atoms with Gasteiger partial charge in [0.2, 0.25) is 0 Å². The number of hydrogen-bond acceptors (Lipinski definition) is 5. The van der Waals surface area contributed by atoms with E-state index >= 15 is 0 Å². The number of rotatable bonds is 6. The zero-order valence-corrected chi connectivity index (χ0v) is 14.2. The number of methoxy groups -OCH3 is 1. The third-order valence-corrected chi connectivity index (χ3v) is 4.44. The van der Waals surface area contributed by atoms with Crippen molar-refractivity contribution in [1.82, 2.24) is 15.3 Å². The van der Waals surface area contributed by atoms with Crippen molar-refractivity contribution in [2.24, 2.45) is 0 Å². The fourth-order valence-corrected chi connectivity index (χ4v) is 3.31. The van der Waals surface area contributed by atoms with Crippen LogP contribution in [0.5, 0.6) is 0 Å². The summed E-state index contributed by atoms with van der Waals surface area (Å²) in [5.41, 5.74) is 1.86. The maximum absolute atomic E-state index is 5.24. The Morgan fingerprint density at radius 1 is 1.45 bits per heavy atom. The highest BCUT2D eigenvalue weighted by Gasteiger charge is 2.15. The fourth-order valence-electron chi connectivity index (χ4n) is 1.71. The van der Waals surface area contributed by atoms with Crippen LogP contribution in [0, 0.1) is 0 Å². The predicted molar refractivity (Wildman–Crippen MR) is 85.7 cm³/mol. The molecule has 1 N–H and O–H groups in total. The average Bonchev–Trinajstić information content (AvgIpc) is 2.80. The van der Waals surface area contributed by atoms with Gasteiger partial charge >= 0.3 is 0 Å². The van der Waals surface area contributed by atoms with Crippen molar-refractivity contribution in [3.63, 3.8) is 0 Å². The first-order valence-electron chi connectivity index (χ1n) is 6.43. The van der Waals surface area contributed by atoms with Crippen molar-refractivity contribution in [3.8, 4) is 10.7 Å². The molecule has 0 fully saturated rings. The van der Waals surface area contributed by atoms with E-state index in [2.05, 4.69) is 45.1 Å². The SMILES string of the molecule is COCc1nc(-c2ncccc2Br)sc1CNC(C)C. The summed E-state index contributed by atoms with van der Waals surface area (Å²) >= 11 is 5.19. The maximum Gasteiger partial charge on any atom is 0.143 e. The Morgan fingerprint density at radius 3 is 2.90 bits per heavy atom. The van der Waals surface area contributed by atoms with Gasteiger partial charge in [-0.15, -0.1) is 11.3 Å². The van der Waals surface area contributed by atoms with Crippen molar-refractivity contribution in [1.29, 1.82) is 0 Å². The van der Waals surface area contributed by atoms with E-state index < -0.39 is 0 Å². The van der Waals surface area contributed by atoms with E-state index in [-0.39, 0.29) is 0 Å². The van der Waals surface area contributed by atoms with Crippen LogP contribution in [0.1, 0.15) is 24.4 Å². The van der Waals surface area contributed by atoms with Gasteiger partial charge < -0.3 is 10.1 Å². The second-order valence-electron chi connectivity index (χ2n) is 4.69. The van der Waals surface area contributed by atoms with Gasteiger partial charge in [0.05, 0.1) is 12.3 Å². The van der Waals surface area contributed by atoms with Crippen LogP contribution in [0.3, 0.4) is 0 Å². The number of thiazole rings is 1. The highest BCUT2D eigenvalue weighted by atomic mass is 79.9. The zero-order valence-electron chi connectivity index (χ0n) is 11.8. The predicted octanol–water partition coefficient (Wildman–Crippen LogP) is 3.61. The molecule has 0 aliphatic carbocycles. The highest BCUT2D eigenvalue weighted by Crippen LogP contribution is 2.31. The second kappa shape index (κ2) is 7.26. The number of hydrogen-bond donors (Lipinski definition) is 1. The van der Waals surface area contributed by atoms with E-state index in [1.807, 2.05) is 12.1 Å². The number of nitrogens with one attached hydrogen (secondary N) is 1. The van der Waals surface area contributed by atoms with E-state index in [1.54, 1.807) is 24.6 Å². The third kappa shape index (κ3) is 3.85. The monoisotopic (exact) mass is 355 g/mol. The molecule has 0 atom stereocenters. The minimum Gasteiger partial charge on any atom is -0.378 e. The molecule has 2 aromatic rings. The molecule has 0 amide bonds. The molecule has 108 valence electrons. The molecule has 0 radical (unpaired) electrons. The molecule has 0 saturated heterocycles. The van der Waals surface area contributed by atoms with Crippen LogP contribution in [0.15, 0.2) is 22.8 Å². The van der Waals surface area contributed by atoms with Gasteiger partial charge in [-0.05, 0) is 28.1 Å². The van der Waals surface area contributed by atoms with Crippen LogP contribution in [0.4, 0.5) is 0 Å². The van der Waals surface area contributed by atoms with E-state index in [1.165, 1.54) is 4.88 Å². The Morgan fingerprint density at radius 2 is 2.25 bits per heavy atom. The van der Waals surface area contributed by atoms with Crippen LogP contribution in [0.25, 0.3) is 10.7 Å². The first-order valence-corrected chi connectivity index (χ1v) is 8.04. The van der Waals surface area contributed by atoms with Crippen LogP contribution in [0.2, 0.25) is 0 Å². The van der Waals surface area contributed by atoms with E-state index in [9.17, 15) is 0 Å². The second-order valence-corrected chi connectivity index (χ2v) is 6.63. The lowest BCUT2D eigenvalue weighted by atomic mass is 10.3. The zero-order chi connectivity index (χ0) is 14.5. The number of nitrogens with zero attached hydrogens (tertiary/aromatic N) is 2. The van der Waals surface area contributed by atoms with Crippen LogP contribution in [-0.4, -0.2) is 23.1 Å². The van der Waals surface area contributed by atoms with Gasteiger partial charge in [0.1, 0.15) is 10.7 Å². The Balaban J connectivity index is 2.31. The molecule has 2 rings (SSSR count). The largest absolute Gasteiger partial charge is 0.378 e. The summed E-state index contributed by atoms with van der Waals surface area (Å²) in [6.45, 7) is 5.59. The molecule has 6 heteroatoms. The van der Waals surface area contributed by atoms with Gasteiger partial charge in [-0.1, -0.05) is 13.8 Å². The van der Waals surface area contributed by atoms with Crippen molar-refractivity contribution in [2.45, 2.75) is 33.0 Å². The third-order valence-electron chi connectivity index (χ3n) is 2.69.